The summed E-state index contributed by atoms with van der Waals surface area (Å²) >= 11 is 0. The van der Waals surface area contributed by atoms with Gasteiger partial charge in [-0.2, -0.15) is 0 Å². The van der Waals surface area contributed by atoms with Gasteiger partial charge in [-0.3, -0.25) is 0 Å². The van der Waals surface area contributed by atoms with E-state index in [0.717, 1.165) is 0 Å². The van der Waals surface area contributed by atoms with Gasteiger partial charge in [0, 0.05) is 0 Å². The highest BCUT2D eigenvalue weighted by atomic mass is 31.0. The van der Waals surface area contributed by atoms with E-state index in [0.29, 0.717) is 0 Å². The van der Waals surface area contributed by atoms with E-state index in [1.807, 2.05) is 0 Å². The Morgan fingerprint density at radius 3 is 2.31 bits per heavy atom. The molecule has 0 spiro atoms. The van der Waals surface area contributed by atoms with Gasteiger partial charge >= 0.3 is 0 Å². The van der Waals surface area contributed by atoms with Gasteiger partial charge in [0.2, 0.25) is 0 Å². The fourth-order valence-electron chi connectivity index (χ4n) is 1.28. The van der Waals surface area contributed by atoms with Crippen LogP contribution in [0.4, 0.5) is 0 Å². The SMILES string of the molecule is Cc1ccc(-c2cccpc2)cc1. The fourth-order valence-corrected chi connectivity index (χ4v) is 1.95. The van der Waals surface area contributed by atoms with E-state index in [2.05, 4.69) is 54.9 Å². The van der Waals surface area contributed by atoms with E-state index >= 15 is 0 Å². The molecule has 0 aliphatic heterocycles. The minimum absolute atomic E-state index is 1.28. The van der Waals surface area contributed by atoms with Gasteiger partial charge in [0.25, 0.3) is 0 Å². The number of rotatable bonds is 1. The summed E-state index contributed by atoms with van der Waals surface area (Å²) < 4.78 is 0. The molecule has 0 atom stereocenters. The third kappa shape index (κ3) is 1.96. The molecule has 1 aromatic heterocycles. The molecule has 13 heavy (non-hydrogen) atoms. The Morgan fingerprint density at radius 2 is 1.69 bits per heavy atom. The van der Waals surface area contributed by atoms with Crippen LogP contribution in [0.5, 0.6) is 0 Å². The molecule has 0 unspecified atom stereocenters. The molecule has 0 saturated heterocycles. The summed E-state index contributed by atoms with van der Waals surface area (Å²) in [4.78, 5) is 0. The quantitative estimate of drug-likeness (QED) is 0.624. The summed E-state index contributed by atoms with van der Waals surface area (Å²) in [5.74, 6) is 4.36. The normalized spacial score (nSPS) is 10.5. The molecule has 1 aromatic carbocycles. The predicted molar refractivity (Wildman–Crippen MR) is 59.1 cm³/mol. The Hall–Kier alpha value is -1.13. The van der Waals surface area contributed by atoms with Crippen LogP contribution in [0, 0.1) is 6.92 Å². The molecule has 1 heterocycles. The second-order valence-electron chi connectivity index (χ2n) is 3.11. The number of aryl methyl sites for hydroxylation is 1. The Kier molecular flexibility index (Phi) is 2.42. The Balaban J connectivity index is 2.42. The zero-order valence-electron chi connectivity index (χ0n) is 7.57. The first-order valence-electron chi connectivity index (χ1n) is 4.33. The molecule has 2 rings (SSSR count). The van der Waals surface area contributed by atoms with Crippen molar-refractivity contribution >= 4 is 8.19 Å². The van der Waals surface area contributed by atoms with Gasteiger partial charge in [0.1, 0.15) is 0 Å². The summed E-state index contributed by atoms with van der Waals surface area (Å²) in [6.45, 7) is 2.11. The van der Waals surface area contributed by atoms with Gasteiger partial charge < -0.3 is 0 Å². The number of hydrogen-bond donors (Lipinski definition) is 0. The zero-order valence-corrected chi connectivity index (χ0v) is 8.46. The topological polar surface area (TPSA) is 0 Å². The highest BCUT2D eigenvalue weighted by Gasteiger charge is 1.94. The van der Waals surface area contributed by atoms with Crippen molar-refractivity contribution in [3.05, 3.63) is 53.6 Å². The van der Waals surface area contributed by atoms with Crippen molar-refractivity contribution < 1.29 is 0 Å². The second-order valence-corrected chi connectivity index (χ2v) is 3.96. The summed E-state index contributed by atoms with van der Waals surface area (Å²) in [5.41, 5.74) is 3.94. The van der Waals surface area contributed by atoms with E-state index in [-0.39, 0.29) is 0 Å². The van der Waals surface area contributed by atoms with Gasteiger partial charge in [-0.15, -0.1) is 0 Å². The minimum Gasteiger partial charge on any atom is -0.0758 e. The van der Waals surface area contributed by atoms with Crippen LogP contribution in [-0.4, -0.2) is 0 Å². The molecule has 0 fully saturated rings. The summed E-state index contributed by atoms with van der Waals surface area (Å²) in [6.07, 6.45) is 0. The van der Waals surface area contributed by atoms with Crippen molar-refractivity contribution in [1.82, 2.24) is 0 Å². The average Bonchev–Trinajstić information content (AvgIpc) is 2.20. The van der Waals surface area contributed by atoms with Gasteiger partial charge in [0.15, 0.2) is 0 Å². The van der Waals surface area contributed by atoms with Crippen LogP contribution in [0.1, 0.15) is 5.56 Å². The third-order valence-corrected chi connectivity index (χ3v) is 2.82. The van der Waals surface area contributed by atoms with E-state index in [1.165, 1.54) is 24.9 Å². The summed E-state index contributed by atoms with van der Waals surface area (Å²) in [5, 5.41) is 0. The Labute approximate surface area is 80.4 Å². The molecule has 0 N–H and O–H groups in total. The van der Waals surface area contributed by atoms with Crippen LogP contribution in [0.2, 0.25) is 0 Å². The molecule has 1 heteroatoms. The fraction of sp³-hybridized carbons (Fsp3) is 0.0833. The molecule has 0 bridgehead atoms. The molecular weight excluding hydrogens is 175 g/mol. The lowest BCUT2D eigenvalue weighted by Crippen LogP contribution is -1.75. The van der Waals surface area contributed by atoms with Crippen LogP contribution >= 0.6 is 8.19 Å². The lowest BCUT2D eigenvalue weighted by molar-refractivity contribution is 1.47. The molecule has 0 saturated carbocycles. The second kappa shape index (κ2) is 3.72. The molecule has 64 valence electrons. The van der Waals surface area contributed by atoms with Crippen LogP contribution in [0.15, 0.2) is 48.0 Å². The maximum absolute atomic E-state index is 2.23. The average molecular weight is 186 g/mol. The molecule has 0 nitrogen and oxygen atoms in total. The largest absolute Gasteiger partial charge is 0.0758 e. The van der Waals surface area contributed by atoms with Crippen LogP contribution in [0.25, 0.3) is 11.1 Å². The lowest BCUT2D eigenvalue weighted by Gasteiger charge is -2.00. The van der Waals surface area contributed by atoms with Crippen LogP contribution < -0.4 is 0 Å². The van der Waals surface area contributed by atoms with Crippen molar-refractivity contribution in [1.29, 1.82) is 0 Å². The monoisotopic (exact) mass is 186 g/mol. The van der Waals surface area contributed by atoms with Crippen molar-refractivity contribution in [2.45, 2.75) is 6.92 Å². The maximum Gasteiger partial charge on any atom is -0.0138 e. The molecular formula is C12H11P. The third-order valence-electron chi connectivity index (χ3n) is 2.05. The molecule has 0 aliphatic carbocycles. The van der Waals surface area contributed by atoms with E-state index < -0.39 is 0 Å². The molecule has 0 radical (unpaired) electrons. The molecule has 0 aliphatic rings. The van der Waals surface area contributed by atoms with Gasteiger partial charge in [0.05, 0.1) is 0 Å². The summed E-state index contributed by atoms with van der Waals surface area (Å²) in [7, 11) is 1.28. The summed E-state index contributed by atoms with van der Waals surface area (Å²) in [6, 6.07) is 12.9. The standard InChI is InChI=1S/C12H11P/c1-10-4-6-11(7-5-10)12-3-2-8-13-9-12/h2-9H,1H3. The smallest absolute Gasteiger partial charge is 0.0138 e. The van der Waals surface area contributed by atoms with E-state index in [9.17, 15) is 0 Å². The predicted octanol–water partition coefficient (Wildman–Crippen LogP) is 4.24. The van der Waals surface area contributed by atoms with E-state index in [4.69, 9.17) is 0 Å². The Morgan fingerprint density at radius 1 is 0.923 bits per heavy atom. The van der Waals surface area contributed by atoms with E-state index in [1.54, 1.807) is 0 Å². The molecule has 0 amide bonds. The first kappa shape index (κ1) is 8.47. The van der Waals surface area contributed by atoms with Gasteiger partial charge in [-0.05, 0) is 29.6 Å². The van der Waals surface area contributed by atoms with Gasteiger partial charge in [-0.25, -0.2) is 0 Å². The first-order chi connectivity index (χ1) is 6.36. The van der Waals surface area contributed by atoms with Crippen molar-refractivity contribution in [2.75, 3.05) is 0 Å². The Bertz CT molecular complexity index is 376. The first-order valence-corrected chi connectivity index (χ1v) is 5.36. The van der Waals surface area contributed by atoms with Crippen LogP contribution in [-0.2, 0) is 0 Å². The minimum atomic E-state index is 1.28. The van der Waals surface area contributed by atoms with Gasteiger partial charge in [-0.1, -0.05) is 50.2 Å². The van der Waals surface area contributed by atoms with Crippen molar-refractivity contribution in [3.8, 4) is 11.1 Å². The number of hydrogen-bond acceptors (Lipinski definition) is 0. The van der Waals surface area contributed by atoms with Crippen LogP contribution in [0.3, 0.4) is 0 Å². The lowest BCUT2D eigenvalue weighted by atomic mass is 10.1. The zero-order chi connectivity index (χ0) is 9.10. The highest BCUT2D eigenvalue weighted by Crippen LogP contribution is 2.22. The van der Waals surface area contributed by atoms with Crippen molar-refractivity contribution in [3.63, 3.8) is 0 Å². The number of benzene rings is 1. The van der Waals surface area contributed by atoms with Crippen molar-refractivity contribution in [2.24, 2.45) is 0 Å². The molecule has 2 aromatic rings. The highest BCUT2D eigenvalue weighted by molar-refractivity contribution is 7.28. The maximum atomic E-state index is 2.23.